The predicted octanol–water partition coefficient (Wildman–Crippen LogP) is 2.39. The Morgan fingerprint density at radius 3 is 2.57 bits per heavy atom. The van der Waals surface area contributed by atoms with Gasteiger partial charge in [0.1, 0.15) is 11.5 Å². The molecule has 0 radical (unpaired) electrons. The van der Waals surface area contributed by atoms with Gasteiger partial charge in [-0.1, -0.05) is 49.4 Å². The Hall–Kier alpha value is -2.69. The second-order valence-electron chi connectivity index (χ2n) is 7.79. The molecule has 2 N–H and O–H groups in total. The molecule has 160 valence electrons. The molecule has 0 aliphatic carbocycles. The molecule has 0 saturated heterocycles. The Balaban J connectivity index is 2.07. The maximum absolute atomic E-state index is 13.0. The Labute approximate surface area is 180 Å². The number of nitrogens with one attached hydrogen (secondary N) is 1. The van der Waals surface area contributed by atoms with Crippen LogP contribution in [0, 0.1) is 17.8 Å². The maximum atomic E-state index is 13.0. The number of fused-ring (bicyclic) bond motifs is 1. The lowest BCUT2D eigenvalue weighted by molar-refractivity contribution is 0.277. The lowest BCUT2D eigenvalue weighted by Crippen LogP contribution is -2.41. The summed E-state index contributed by atoms with van der Waals surface area (Å²) >= 11 is 6.01. The van der Waals surface area contributed by atoms with Crippen molar-refractivity contribution in [3.05, 3.63) is 55.7 Å². The van der Waals surface area contributed by atoms with E-state index >= 15 is 0 Å². The van der Waals surface area contributed by atoms with Gasteiger partial charge in [0.15, 0.2) is 6.17 Å². The summed E-state index contributed by atoms with van der Waals surface area (Å²) in [6, 6.07) is 7.46. The fraction of sp³-hybridized carbons (Fsp3) is 0.455. The smallest absolute Gasteiger partial charge is 0.332 e. The number of hydrogen-bond acceptors (Lipinski definition) is 5. The monoisotopic (exact) mass is 430 g/mol. The van der Waals surface area contributed by atoms with E-state index in [1.807, 2.05) is 29.2 Å². The molecule has 7 nitrogen and oxygen atoms in total. The van der Waals surface area contributed by atoms with Crippen molar-refractivity contribution in [2.45, 2.75) is 45.9 Å². The van der Waals surface area contributed by atoms with E-state index in [2.05, 4.69) is 31.0 Å². The molecule has 0 saturated carbocycles. The molecule has 1 atom stereocenters. The van der Waals surface area contributed by atoms with Crippen molar-refractivity contribution < 1.29 is 5.11 Å². The normalized spacial score (nSPS) is 15.0. The SMILES string of the molecule is CC(C)CC#CC1Nc2c(n(C)c(=O)n(CCCO)c2=O)N1Cc1ccc(Cl)cc1. The Bertz CT molecular complexity index is 1080. The topological polar surface area (TPSA) is 79.5 Å². The number of hydrogen-bond donors (Lipinski definition) is 2. The van der Waals surface area contributed by atoms with E-state index in [1.54, 1.807) is 7.05 Å². The number of anilines is 2. The van der Waals surface area contributed by atoms with Crippen molar-refractivity contribution in [1.29, 1.82) is 0 Å². The first-order valence-corrected chi connectivity index (χ1v) is 10.4. The minimum Gasteiger partial charge on any atom is -0.396 e. The highest BCUT2D eigenvalue weighted by molar-refractivity contribution is 6.30. The van der Waals surface area contributed by atoms with Gasteiger partial charge in [0, 0.05) is 38.2 Å². The summed E-state index contributed by atoms with van der Waals surface area (Å²) in [5.74, 6) is 7.35. The third-order valence-electron chi connectivity index (χ3n) is 4.94. The van der Waals surface area contributed by atoms with Crippen LogP contribution in [0.4, 0.5) is 11.5 Å². The van der Waals surface area contributed by atoms with Gasteiger partial charge >= 0.3 is 5.69 Å². The molecule has 0 amide bonds. The molecule has 8 heteroatoms. The number of rotatable bonds is 6. The number of benzene rings is 1. The van der Waals surface area contributed by atoms with E-state index in [9.17, 15) is 9.59 Å². The second-order valence-corrected chi connectivity index (χ2v) is 8.23. The van der Waals surface area contributed by atoms with Crippen LogP contribution in [0.15, 0.2) is 33.9 Å². The van der Waals surface area contributed by atoms with Crippen LogP contribution in [0.2, 0.25) is 5.02 Å². The van der Waals surface area contributed by atoms with E-state index in [1.165, 1.54) is 4.57 Å². The van der Waals surface area contributed by atoms with Gasteiger partial charge in [-0.3, -0.25) is 13.9 Å². The number of halogens is 1. The summed E-state index contributed by atoms with van der Waals surface area (Å²) in [4.78, 5) is 27.8. The zero-order chi connectivity index (χ0) is 21.8. The highest BCUT2D eigenvalue weighted by atomic mass is 35.5. The molecular formula is C22H27ClN4O3. The van der Waals surface area contributed by atoms with Crippen LogP contribution in [0.25, 0.3) is 0 Å². The highest BCUT2D eigenvalue weighted by Gasteiger charge is 2.33. The first-order chi connectivity index (χ1) is 14.3. The van der Waals surface area contributed by atoms with Gasteiger partial charge in [0.05, 0.1) is 0 Å². The number of aliphatic hydroxyl groups is 1. The van der Waals surface area contributed by atoms with Crippen molar-refractivity contribution in [2.24, 2.45) is 13.0 Å². The third kappa shape index (κ3) is 4.55. The van der Waals surface area contributed by atoms with Crippen LogP contribution in [0.1, 0.15) is 32.3 Å². The minimum atomic E-state index is -0.429. The van der Waals surface area contributed by atoms with Crippen molar-refractivity contribution in [1.82, 2.24) is 9.13 Å². The number of nitrogens with zero attached hydrogens (tertiary/aromatic N) is 3. The van der Waals surface area contributed by atoms with Crippen molar-refractivity contribution >= 4 is 23.1 Å². The fourth-order valence-corrected chi connectivity index (χ4v) is 3.53. The van der Waals surface area contributed by atoms with Gasteiger partial charge in [-0.2, -0.15) is 0 Å². The van der Waals surface area contributed by atoms with E-state index < -0.39 is 17.4 Å². The molecular weight excluding hydrogens is 404 g/mol. The zero-order valence-electron chi connectivity index (χ0n) is 17.5. The molecule has 0 bridgehead atoms. The molecule has 3 rings (SSSR count). The van der Waals surface area contributed by atoms with Crippen LogP contribution in [0.3, 0.4) is 0 Å². The van der Waals surface area contributed by atoms with Gasteiger partial charge in [-0.05, 0) is 30.0 Å². The average molecular weight is 431 g/mol. The van der Waals surface area contributed by atoms with Gasteiger partial charge in [0.25, 0.3) is 5.56 Å². The Morgan fingerprint density at radius 1 is 1.23 bits per heavy atom. The van der Waals surface area contributed by atoms with Gasteiger partial charge in [-0.25, -0.2) is 4.79 Å². The van der Waals surface area contributed by atoms with Crippen LogP contribution < -0.4 is 21.5 Å². The second kappa shape index (κ2) is 9.41. The van der Waals surface area contributed by atoms with Gasteiger partial charge in [0.2, 0.25) is 0 Å². The summed E-state index contributed by atoms with van der Waals surface area (Å²) < 4.78 is 2.63. The Morgan fingerprint density at radius 2 is 1.93 bits per heavy atom. The lowest BCUT2D eigenvalue weighted by atomic mass is 10.1. The molecule has 1 aliphatic heterocycles. The van der Waals surface area contributed by atoms with Crippen LogP contribution >= 0.6 is 11.6 Å². The first-order valence-electron chi connectivity index (χ1n) is 10.0. The quantitative estimate of drug-likeness (QED) is 0.688. The molecule has 2 aromatic rings. The zero-order valence-corrected chi connectivity index (χ0v) is 18.2. The molecule has 2 heterocycles. The average Bonchev–Trinajstić information content (AvgIpc) is 3.06. The van der Waals surface area contributed by atoms with E-state index in [0.29, 0.717) is 35.4 Å². The third-order valence-corrected chi connectivity index (χ3v) is 5.19. The van der Waals surface area contributed by atoms with E-state index in [4.69, 9.17) is 16.7 Å². The minimum absolute atomic E-state index is 0.0912. The molecule has 1 aromatic heterocycles. The first kappa shape index (κ1) is 22.0. The molecule has 0 spiro atoms. The summed E-state index contributed by atoms with van der Waals surface area (Å²) in [7, 11) is 1.65. The summed E-state index contributed by atoms with van der Waals surface area (Å²) in [6.07, 6.45) is 0.643. The Kier molecular flexibility index (Phi) is 6.91. The molecule has 1 aliphatic rings. The van der Waals surface area contributed by atoms with Crippen molar-refractivity contribution in [3.8, 4) is 11.8 Å². The fourth-order valence-electron chi connectivity index (χ4n) is 3.41. The largest absolute Gasteiger partial charge is 0.396 e. The maximum Gasteiger partial charge on any atom is 0.332 e. The predicted molar refractivity (Wildman–Crippen MR) is 120 cm³/mol. The van der Waals surface area contributed by atoms with Gasteiger partial charge in [-0.15, -0.1) is 0 Å². The van der Waals surface area contributed by atoms with E-state index in [0.717, 1.165) is 16.6 Å². The van der Waals surface area contributed by atoms with Crippen molar-refractivity contribution in [2.75, 3.05) is 16.8 Å². The molecule has 1 unspecified atom stereocenters. The number of aromatic nitrogens is 2. The summed E-state index contributed by atoms with van der Waals surface area (Å²) in [5, 5.41) is 13.0. The summed E-state index contributed by atoms with van der Waals surface area (Å²) in [5.41, 5.74) is 0.538. The molecule has 30 heavy (non-hydrogen) atoms. The molecule has 0 fully saturated rings. The van der Waals surface area contributed by atoms with E-state index in [-0.39, 0.29) is 13.2 Å². The van der Waals surface area contributed by atoms with Crippen LogP contribution in [-0.4, -0.2) is 27.0 Å². The standard InChI is InChI=1S/C22H27ClN4O3/c1-15(2)6-4-7-18-24-19-20(27(18)14-16-8-10-17(23)11-9-16)25(3)22(30)26(21(19)29)12-5-13-28/h8-11,15,18,24,28H,5-6,12-14H2,1-3H3. The highest BCUT2D eigenvalue weighted by Crippen LogP contribution is 2.31. The van der Waals surface area contributed by atoms with Gasteiger partial charge < -0.3 is 15.3 Å². The van der Waals surface area contributed by atoms with Crippen molar-refractivity contribution in [3.63, 3.8) is 0 Å². The molecule has 1 aromatic carbocycles. The number of aliphatic hydroxyl groups excluding tert-OH is 1. The van der Waals surface area contributed by atoms with Crippen LogP contribution in [0.5, 0.6) is 0 Å². The van der Waals surface area contributed by atoms with Crippen LogP contribution in [-0.2, 0) is 20.1 Å². The summed E-state index contributed by atoms with van der Waals surface area (Å²) in [6.45, 7) is 4.73. The lowest BCUT2D eigenvalue weighted by Gasteiger charge is -2.24.